The molecule has 28 heavy (non-hydrogen) atoms. The quantitative estimate of drug-likeness (QED) is 0.262. The third kappa shape index (κ3) is 3.66. The second kappa shape index (κ2) is 7.67. The standard InChI is InChI=1S/C25H21NO2/c1-18(21-12-10-19-6-2-4-8-22(19)16-21)26(28)15-14-25(27)24-13-11-20-7-3-5-9-23(20)17-24/h2-18,28H,1H3/b15-14-. The highest BCUT2D eigenvalue weighted by molar-refractivity contribution is 6.06. The lowest BCUT2D eigenvalue weighted by atomic mass is 10.0. The third-order valence-electron chi connectivity index (χ3n) is 5.07. The molecule has 1 atom stereocenters. The van der Waals surface area contributed by atoms with Gasteiger partial charge in [-0.1, -0.05) is 72.8 Å². The molecule has 1 unspecified atom stereocenters. The predicted octanol–water partition coefficient (Wildman–Crippen LogP) is 6.14. The fraction of sp³-hybridized carbons (Fsp3) is 0.0800. The maximum Gasteiger partial charge on any atom is 0.187 e. The van der Waals surface area contributed by atoms with Gasteiger partial charge in [0.05, 0.1) is 6.04 Å². The molecule has 138 valence electrons. The first-order valence-corrected chi connectivity index (χ1v) is 9.29. The molecule has 0 spiro atoms. The summed E-state index contributed by atoms with van der Waals surface area (Å²) in [6.45, 7) is 1.90. The van der Waals surface area contributed by atoms with Crippen molar-refractivity contribution in [2.75, 3.05) is 0 Å². The number of carbonyl (C=O) groups excluding carboxylic acids is 1. The molecule has 3 nitrogen and oxygen atoms in total. The van der Waals surface area contributed by atoms with Crippen LogP contribution in [0.2, 0.25) is 0 Å². The molecular weight excluding hydrogens is 346 g/mol. The van der Waals surface area contributed by atoms with Crippen LogP contribution in [0.3, 0.4) is 0 Å². The molecule has 0 saturated carbocycles. The first-order chi connectivity index (χ1) is 13.6. The Morgan fingerprint density at radius 2 is 1.39 bits per heavy atom. The highest BCUT2D eigenvalue weighted by Crippen LogP contribution is 2.24. The molecule has 0 amide bonds. The molecule has 0 aliphatic heterocycles. The molecule has 0 heterocycles. The van der Waals surface area contributed by atoms with Crippen molar-refractivity contribution in [3.05, 3.63) is 108 Å². The summed E-state index contributed by atoms with van der Waals surface area (Å²) in [5, 5.41) is 15.9. The van der Waals surface area contributed by atoms with Crippen molar-refractivity contribution in [2.45, 2.75) is 13.0 Å². The van der Waals surface area contributed by atoms with Crippen LogP contribution in [0.25, 0.3) is 21.5 Å². The van der Waals surface area contributed by atoms with Crippen LogP contribution in [-0.4, -0.2) is 16.1 Å². The molecule has 0 radical (unpaired) electrons. The van der Waals surface area contributed by atoms with Crippen molar-refractivity contribution in [3.63, 3.8) is 0 Å². The van der Waals surface area contributed by atoms with Gasteiger partial charge in [-0.25, -0.2) is 0 Å². The van der Waals surface area contributed by atoms with Crippen molar-refractivity contribution in [2.24, 2.45) is 0 Å². The van der Waals surface area contributed by atoms with E-state index in [1.54, 1.807) is 0 Å². The molecule has 0 aliphatic carbocycles. The van der Waals surface area contributed by atoms with Gasteiger partial charge in [-0.2, -0.15) is 0 Å². The number of fused-ring (bicyclic) bond motifs is 2. The average molecular weight is 367 g/mol. The lowest BCUT2D eigenvalue weighted by molar-refractivity contribution is -0.0749. The van der Waals surface area contributed by atoms with Crippen LogP contribution in [0.4, 0.5) is 0 Å². The number of allylic oxidation sites excluding steroid dienone is 1. The van der Waals surface area contributed by atoms with Crippen LogP contribution in [0, 0.1) is 0 Å². The normalized spacial score (nSPS) is 12.5. The molecule has 0 saturated heterocycles. The number of benzene rings is 4. The molecule has 0 aromatic heterocycles. The van der Waals surface area contributed by atoms with Gasteiger partial charge >= 0.3 is 0 Å². The Labute approximate surface area is 164 Å². The average Bonchev–Trinajstić information content (AvgIpc) is 2.76. The first kappa shape index (κ1) is 18.0. The van der Waals surface area contributed by atoms with Crippen LogP contribution in [0.5, 0.6) is 0 Å². The molecule has 4 rings (SSSR count). The minimum atomic E-state index is -0.273. The van der Waals surface area contributed by atoms with E-state index in [1.807, 2.05) is 79.7 Å². The molecule has 4 aromatic carbocycles. The van der Waals surface area contributed by atoms with Crippen molar-refractivity contribution in [1.82, 2.24) is 5.06 Å². The lowest BCUT2D eigenvalue weighted by Gasteiger charge is -2.21. The maximum atomic E-state index is 12.5. The fourth-order valence-electron chi connectivity index (χ4n) is 3.33. The topological polar surface area (TPSA) is 40.5 Å². The van der Waals surface area contributed by atoms with Gasteiger partial charge in [0.15, 0.2) is 5.78 Å². The van der Waals surface area contributed by atoms with Crippen molar-refractivity contribution < 1.29 is 10.0 Å². The van der Waals surface area contributed by atoms with Crippen LogP contribution in [-0.2, 0) is 0 Å². The van der Waals surface area contributed by atoms with Gasteiger partial charge in [0.2, 0.25) is 0 Å². The Hall–Kier alpha value is -3.43. The SMILES string of the molecule is CC(c1ccc2ccccc2c1)N(O)/C=C\C(=O)c1ccc2ccccc2c1. The Morgan fingerprint density at radius 3 is 2.07 bits per heavy atom. The second-order valence-electron chi connectivity index (χ2n) is 6.90. The summed E-state index contributed by atoms with van der Waals surface area (Å²) in [6.07, 6.45) is 2.83. The van der Waals surface area contributed by atoms with Crippen molar-refractivity contribution >= 4 is 27.3 Å². The van der Waals surface area contributed by atoms with E-state index in [1.165, 1.54) is 12.3 Å². The van der Waals surface area contributed by atoms with E-state index in [0.29, 0.717) is 5.56 Å². The van der Waals surface area contributed by atoms with Gasteiger partial charge in [0.1, 0.15) is 0 Å². The van der Waals surface area contributed by atoms with Gasteiger partial charge in [-0.05, 0) is 46.2 Å². The molecule has 0 bridgehead atoms. The maximum absolute atomic E-state index is 12.5. The number of carbonyl (C=O) groups is 1. The monoisotopic (exact) mass is 367 g/mol. The zero-order valence-corrected chi connectivity index (χ0v) is 15.6. The number of hydrogen-bond acceptors (Lipinski definition) is 3. The van der Waals surface area contributed by atoms with E-state index in [-0.39, 0.29) is 11.8 Å². The number of ketones is 1. The summed E-state index contributed by atoms with van der Waals surface area (Å²) in [4.78, 5) is 12.5. The smallest absolute Gasteiger partial charge is 0.187 e. The zero-order chi connectivity index (χ0) is 19.5. The minimum Gasteiger partial charge on any atom is -0.289 e. The second-order valence-corrected chi connectivity index (χ2v) is 6.90. The minimum absolute atomic E-state index is 0.143. The Balaban J connectivity index is 1.51. The highest BCUT2D eigenvalue weighted by Gasteiger charge is 2.12. The Morgan fingerprint density at radius 1 is 0.821 bits per heavy atom. The van der Waals surface area contributed by atoms with E-state index in [4.69, 9.17) is 0 Å². The summed E-state index contributed by atoms with van der Waals surface area (Å²) in [5.74, 6) is -0.143. The van der Waals surface area contributed by atoms with Crippen LogP contribution in [0.15, 0.2) is 97.2 Å². The molecule has 3 heteroatoms. The molecule has 4 aromatic rings. The van der Waals surface area contributed by atoms with Gasteiger partial charge in [0.25, 0.3) is 0 Å². The fourth-order valence-corrected chi connectivity index (χ4v) is 3.33. The summed E-state index contributed by atoms with van der Waals surface area (Å²) in [5.41, 5.74) is 1.57. The van der Waals surface area contributed by atoms with E-state index in [9.17, 15) is 10.0 Å². The van der Waals surface area contributed by atoms with E-state index in [0.717, 1.165) is 32.2 Å². The van der Waals surface area contributed by atoms with E-state index < -0.39 is 0 Å². The molecule has 1 N–H and O–H groups in total. The summed E-state index contributed by atoms with van der Waals surface area (Å²) in [6, 6.07) is 27.5. The highest BCUT2D eigenvalue weighted by atomic mass is 16.5. The van der Waals surface area contributed by atoms with Gasteiger partial charge < -0.3 is 0 Å². The summed E-state index contributed by atoms with van der Waals surface area (Å²) in [7, 11) is 0. The first-order valence-electron chi connectivity index (χ1n) is 9.29. The lowest BCUT2D eigenvalue weighted by Crippen LogP contribution is -2.17. The summed E-state index contributed by atoms with van der Waals surface area (Å²) >= 11 is 0. The van der Waals surface area contributed by atoms with E-state index in [2.05, 4.69) is 12.1 Å². The zero-order valence-electron chi connectivity index (χ0n) is 15.6. The Kier molecular flexibility index (Phi) is 4.92. The molecular formula is C25H21NO2. The summed E-state index contributed by atoms with van der Waals surface area (Å²) < 4.78 is 0. The van der Waals surface area contributed by atoms with Gasteiger partial charge in [-0.3, -0.25) is 15.1 Å². The van der Waals surface area contributed by atoms with E-state index >= 15 is 0 Å². The van der Waals surface area contributed by atoms with Gasteiger partial charge in [0, 0.05) is 17.8 Å². The van der Waals surface area contributed by atoms with Crippen LogP contribution >= 0.6 is 0 Å². The van der Waals surface area contributed by atoms with Crippen molar-refractivity contribution in [1.29, 1.82) is 0 Å². The number of hydroxylamine groups is 2. The Bertz CT molecular complexity index is 1180. The number of hydrogen-bond donors (Lipinski definition) is 1. The number of rotatable bonds is 5. The largest absolute Gasteiger partial charge is 0.289 e. The predicted molar refractivity (Wildman–Crippen MR) is 113 cm³/mol. The van der Waals surface area contributed by atoms with Crippen LogP contribution in [0.1, 0.15) is 28.9 Å². The van der Waals surface area contributed by atoms with Crippen LogP contribution < -0.4 is 0 Å². The molecule has 0 aliphatic rings. The third-order valence-corrected chi connectivity index (χ3v) is 5.07. The van der Waals surface area contributed by atoms with Gasteiger partial charge in [-0.15, -0.1) is 0 Å². The molecule has 0 fully saturated rings. The van der Waals surface area contributed by atoms with Crippen molar-refractivity contribution in [3.8, 4) is 0 Å². The number of nitrogens with zero attached hydrogens (tertiary/aromatic N) is 1.